The zero-order valence-corrected chi connectivity index (χ0v) is 19.6. The largest absolute Gasteiger partial charge is 0.350 e. The number of nitrogens with one attached hydrogen (secondary N) is 2. The predicted molar refractivity (Wildman–Crippen MR) is 135 cm³/mol. The van der Waals surface area contributed by atoms with Crippen molar-refractivity contribution < 1.29 is 14.4 Å². The van der Waals surface area contributed by atoms with E-state index in [2.05, 4.69) is 17.6 Å². The summed E-state index contributed by atoms with van der Waals surface area (Å²) in [5.41, 5.74) is 4.24. The van der Waals surface area contributed by atoms with E-state index >= 15 is 0 Å². The highest BCUT2D eigenvalue weighted by Gasteiger charge is 2.38. The maximum atomic E-state index is 13.0. The summed E-state index contributed by atoms with van der Waals surface area (Å²) < 4.78 is 0. The van der Waals surface area contributed by atoms with Crippen LogP contribution in [0.5, 0.6) is 0 Å². The van der Waals surface area contributed by atoms with Crippen molar-refractivity contribution in [2.75, 3.05) is 15.5 Å². The third-order valence-corrected chi connectivity index (χ3v) is 5.99. The maximum absolute atomic E-state index is 13.0. The summed E-state index contributed by atoms with van der Waals surface area (Å²) in [6.45, 7) is 4.09. The van der Waals surface area contributed by atoms with E-state index in [1.54, 1.807) is 36.4 Å². The van der Waals surface area contributed by atoms with Crippen molar-refractivity contribution in [1.82, 2.24) is 0 Å². The third kappa shape index (κ3) is 4.72. The number of rotatable bonds is 7. The molecule has 34 heavy (non-hydrogen) atoms. The molecular formula is C27H24ClN3O3. The second-order valence-corrected chi connectivity index (χ2v) is 8.24. The molecule has 0 saturated heterocycles. The smallest absolute Gasteiger partial charge is 0.283 e. The quantitative estimate of drug-likeness (QED) is 0.444. The second-order valence-electron chi connectivity index (χ2n) is 7.87. The number of anilines is 3. The van der Waals surface area contributed by atoms with Gasteiger partial charge in [0.25, 0.3) is 17.7 Å². The van der Waals surface area contributed by atoms with Crippen LogP contribution < -0.4 is 15.5 Å². The molecule has 1 aliphatic heterocycles. The van der Waals surface area contributed by atoms with Gasteiger partial charge in [0.2, 0.25) is 0 Å². The molecule has 0 saturated carbocycles. The highest BCUT2D eigenvalue weighted by molar-refractivity contribution is 6.53. The molecule has 0 aliphatic carbocycles. The molecule has 2 N–H and O–H groups in total. The van der Waals surface area contributed by atoms with Crippen molar-refractivity contribution in [1.29, 1.82) is 0 Å². The molecule has 4 rings (SSSR count). The Bertz CT molecular complexity index is 1280. The summed E-state index contributed by atoms with van der Waals surface area (Å²) in [6, 6.07) is 21.5. The lowest BCUT2D eigenvalue weighted by Crippen LogP contribution is -2.32. The van der Waals surface area contributed by atoms with E-state index in [4.69, 9.17) is 11.6 Å². The molecule has 0 bridgehead atoms. The van der Waals surface area contributed by atoms with Crippen molar-refractivity contribution in [3.63, 3.8) is 0 Å². The first-order valence-corrected chi connectivity index (χ1v) is 11.4. The van der Waals surface area contributed by atoms with Crippen LogP contribution in [0.2, 0.25) is 0 Å². The molecule has 3 aromatic rings. The van der Waals surface area contributed by atoms with Crippen molar-refractivity contribution in [3.05, 3.63) is 100 Å². The molecule has 3 aromatic carbocycles. The lowest BCUT2D eigenvalue weighted by atomic mass is 10.1. The molecule has 1 aliphatic rings. The molecule has 3 amide bonds. The molecule has 0 unspecified atom stereocenters. The Morgan fingerprint density at radius 2 is 1.44 bits per heavy atom. The Labute approximate surface area is 203 Å². The first-order chi connectivity index (χ1) is 16.4. The third-order valence-electron chi connectivity index (χ3n) is 5.64. The van der Waals surface area contributed by atoms with Gasteiger partial charge in [-0.3, -0.25) is 14.4 Å². The van der Waals surface area contributed by atoms with Crippen molar-refractivity contribution in [2.45, 2.75) is 26.7 Å². The minimum Gasteiger partial charge on any atom is -0.350 e. The van der Waals surface area contributed by atoms with E-state index in [9.17, 15) is 14.4 Å². The van der Waals surface area contributed by atoms with Crippen LogP contribution in [0.1, 0.15) is 35.3 Å². The molecule has 0 fully saturated rings. The van der Waals surface area contributed by atoms with Crippen LogP contribution in [0.4, 0.5) is 17.1 Å². The van der Waals surface area contributed by atoms with E-state index in [-0.39, 0.29) is 16.6 Å². The average Bonchev–Trinajstić information content (AvgIpc) is 3.07. The van der Waals surface area contributed by atoms with Gasteiger partial charge in [0.05, 0.1) is 5.69 Å². The number of aryl methyl sites for hydroxylation is 2. The van der Waals surface area contributed by atoms with Gasteiger partial charge in [-0.1, -0.05) is 55.8 Å². The predicted octanol–water partition coefficient (Wildman–Crippen LogP) is 5.50. The van der Waals surface area contributed by atoms with Gasteiger partial charge in [0, 0.05) is 16.9 Å². The topological polar surface area (TPSA) is 78.5 Å². The van der Waals surface area contributed by atoms with Crippen LogP contribution in [0.15, 0.2) is 83.5 Å². The lowest BCUT2D eigenvalue weighted by molar-refractivity contribution is -0.120. The standard InChI is InChI=1S/C27H24ClN3O3/c1-3-17-8-12-20(13-9-17)30-25(32)19-6-5-7-21(16-19)29-24-23(28)26(33)31(27(24)34)22-14-10-18(4-2)11-15-22/h5-16,29H,3-4H2,1-2H3,(H,30,32). The van der Waals surface area contributed by atoms with Gasteiger partial charge in [-0.15, -0.1) is 0 Å². The molecular weight excluding hydrogens is 450 g/mol. The normalized spacial score (nSPS) is 13.4. The van der Waals surface area contributed by atoms with Gasteiger partial charge in [-0.05, 0) is 66.4 Å². The summed E-state index contributed by atoms with van der Waals surface area (Å²) >= 11 is 6.24. The molecule has 6 nitrogen and oxygen atoms in total. The van der Waals surface area contributed by atoms with Gasteiger partial charge in [0.1, 0.15) is 10.7 Å². The zero-order chi connectivity index (χ0) is 24.2. The summed E-state index contributed by atoms with van der Waals surface area (Å²) in [5, 5.41) is 5.58. The van der Waals surface area contributed by atoms with Crippen LogP contribution >= 0.6 is 11.6 Å². The first kappa shape index (κ1) is 23.3. The van der Waals surface area contributed by atoms with Crippen molar-refractivity contribution >= 4 is 46.4 Å². The number of imide groups is 1. The van der Waals surface area contributed by atoms with Crippen LogP contribution in [-0.4, -0.2) is 17.7 Å². The van der Waals surface area contributed by atoms with E-state index < -0.39 is 11.8 Å². The fourth-order valence-corrected chi connectivity index (χ4v) is 3.85. The Kier molecular flexibility index (Phi) is 6.80. The van der Waals surface area contributed by atoms with Gasteiger partial charge in [-0.25, -0.2) is 4.90 Å². The molecule has 0 radical (unpaired) electrons. The number of hydrogen-bond donors (Lipinski definition) is 2. The Balaban J connectivity index is 1.50. The number of hydrogen-bond acceptors (Lipinski definition) is 4. The average molecular weight is 474 g/mol. The summed E-state index contributed by atoms with van der Waals surface area (Å²) in [5.74, 6) is -1.44. The zero-order valence-electron chi connectivity index (χ0n) is 18.9. The fraction of sp³-hybridized carbons (Fsp3) is 0.148. The van der Waals surface area contributed by atoms with Crippen LogP contribution in [0.3, 0.4) is 0 Å². The van der Waals surface area contributed by atoms with Gasteiger partial charge < -0.3 is 10.6 Å². The summed E-state index contributed by atoms with van der Waals surface area (Å²) in [6.07, 6.45) is 1.77. The van der Waals surface area contributed by atoms with Gasteiger partial charge >= 0.3 is 0 Å². The Morgan fingerprint density at radius 3 is 2.06 bits per heavy atom. The van der Waals surface area contributed by atoms with Crippen LogP contribution in [0, 0.1) is 0 Å². The van der Waals surface area contributed by atoms with E-state index in [0.717, 1.165) is 23.3 Å². The van der Waals surface area contributed by atoms with E-state index in [1.165, 1.54) is 5.56 Å². The molecule has 7 heteroatoms. The monoisotopic (exact) mass is 473 g/mol. The molecule has 172 valence electrons. The highest BCUT2D eigenvalue weighted by atomic mass is 35.5. The van der Waals surface area contributed by atoms with Crippen molar-refractivity contribution in [2.24, 2.45) is 0 Å². The maximum Gasteiger partial charge on any atom is 0.283 e. The van der Waals surface area contributed by atoms with Crippen LogP contribution in [-0.2, 0) is 22.4 Å². The van der Waals surface area contributed by atoms with E-state index in [0.29, 0.717) is 22.6 Å². The summed E-state index contributed by atoms with van der Waals surface area (Å²) in [7, 11) is 0. The van der Waals surface area contributed by atoms with Gasteiger partial charge in [0.15, 0.2) is 0 Å². The number of nitrogens with zero attached hydrogens (tertiary/aromatic N) is 1. The van der Waals surface area contributed by atoms with Crippen molar-refractivity contribution in [3.8, 4) is 0 Å². The minimum absolute atomic E-state index is 0.0288. The number of halogens is 1. The highest BCUT2D eigenvalue weighted by Crippen LogP contribution is 2.30. The lowest BCUT2D eigenvalue weighted by Gasteiger charge is -2.15. The fourth-order valence-electron chi connectivity index (χ4n) is 3.64. The Hall–Kier alpha value is -3.90. The van der Waals surface area contributed by atoms with E-state index in [1.807, 2.05) is 43.3 Å². The number of carbonyl (C=O) groups excluding carboxylic acids is 3. The molecule has 0 aromatic heterocycles. The number of carbonyl (C=O) groups is 3. The molecule has 0 atom stereocenters. The first-order valence-electron chi connectivity index (χ1n) is 11.1. The number of amides is 3. The number of benzene rings is 3. The van der Waals surface area contributed by atoms with Crippen LogP contribution in [0.25, 0.3) is 0 Å². The minimum atomic E-state index is -0.595. The summed E-state index contributed by atoms with van der Waals surface area (Å²) in [4.78, 5) is 39.5. The Morgan fingerprint density at radius 1 is 0.824 bits per heavy atom. The molecule has 1 heterocycles. The second kappa shape index (κ2) is 9.93. The SMILES string of the molecule is CCc1ccc(NC(=O)c2cccc(NC3=C(Cl)C(=O)N(c4ccc(CC)cc4)C3=O)c2)cc1. The molecule has 0 spiro atoms. The van der Waals surface area contributed by atoms with Gasteiger partial charge in [-0.2, -0.15) is 0 Å².